The standard InChI is InChI=1S/C25H28BrNO3S/c1-24(2,3)18-11-16(12-19(21(18)28)25(4,5)6)13-20-22(29)27(23(30)31-20)14-15-8-7-9-17(26)10-15/h7-13,28H,14H2,1-6H3/b20-13-. The summed E-state index contributed by atoms with van der Waals surface area (Å²) >= 11 is 4.38. The summed E-state index contributed by atoms with van der Waals surface area (Å²) in [7, 11) is 0. The van der Waals surface area contributed by atoms with Crippen LogP contribution in [0.3, 0.4) is 0 Å². The van der Waals surface area contributed by atoms with Gasteiger partial charge in [-0.25, -0.2) is 0 Å². The molecule has 2 amide bonds. The number of rotatable bonds is 3. The van der Waals surface area contributed by atoms with Crippen molar-refractivity contribution in [2.45, 2.75) is 58.9 Å². The van der Waals surface area contributed by atoms with E-state index in [1.165, 1.54) is 4.90 Å². The molecule has 0 unspecified atom stereocenters. The van der Waals surface area contributed by atoms with E-state index in [1.807, 2.05) is 77.9 Å². The topological polar surface area (TPSA) is 57.6 Å². The van der Waals surface area contributed by atoms with E-state index >= 15 is 0 Å². The average molecular weight is 502 g/mol. The molecule has 164 valence electrons. The molecular weight excluding hydrogens is 474 g/mol. The van der Waals surface area contributed by atoms with Crippen LogP contribution in [0.15, 0.2) is 45.8 Å². The first-order valence-electron chi connectivity index (χ1n) is 10.1. The number of aromatic hydroxyl groups is 1. The number of halogens is 1. The van der Waals surface area contributed by atoms with Gasteiger partial charge in [0.25, 0.3) is 11.1 Å². The molecule has 0 saturated carbocycles. The van der Waals surface area contributed by atoms with Crippen molar-refractivity contribution in [3.63, 3.8) is 0 Å². The van der Waals surface area contributed by atoms with Gasteiger partial charge in [-0.1, -0.05) is 69.6 Å². The van der Waals surface area contributed by atoms with Gasteiger partial charge in [-0.2, -0.15) is 0 Å². The molecule has 0 bridgehead atoms. The van der Waals surface area contributed by atoms with Crippen molar-refractivity contribution in [1.82, 2.24) is 4.90 Å². The molecule has 1 fully saturated rings. The largest absolute Gasteiger partial charge is 0.507 e. The molecule has 1 N–H and O–H groups in total. The predicted octanol–water partition coefficient (Wildman–Crippen LogP) is 6.99. The highest BCUT2D eigenvalue weighted by Gasteiger charge is 2.35. The number of phenols is 1. The Balaban J connectivity index is 1.99. The third kappa shape index (κ3) is 5.24. The van der Waals surface area contributed by atoms with Crippen LogP contribution in [-0.2, 0) is 22.2 Å². The van der Waals surface area contributed by atoms with Crippen molar-refractivity contribution in [3.8, 4) is 5.75 Å². The Bertz CT molecular complexity index is 1040. The van der Waals surface area contributed by atoms with Crippen LogP contribution < -0.4 is 0 Å². The highest BCUT2D eigenvalue weighted by atomic mass is 79.9. The summed E-state index contributed by atoms with van der Waals surface area (Å²) in [6.45, 7) is 12.5. The Hall–Kier alpha value is -2.05. The lowest BCUT2D eigenvalue weighted by Crippen LogP contribution is -2.27. The number of benzene rings is 2. The molecule has 4 nitrogen and oxygen atoms in total. The molecule has 3 rings (SSSR count). The van der Waals surface area contributed by atoms with Crippen molar-refractivity contribution in [2.75, 3.05) is 0 Å². The van der Waals surface area contributed by atoms with Crippen molar-refractivity contribution in [2.24, 2.45) is 0 Å². The van der Waals surface area contributed by atoms with Gasteiger partial charge < -0.3 is 5.11 Å². The third-order valence-electron chi connectivity index (χ3n) is 5.15. The summed E-state index contributed by atoms with van der Waals surface area (Å²) in [5.41, 5.74) is 2.79. The van der Waals surface area contributed by atoms with Crippen LogP contribution in [-0.4, -0.2) is 21.2 Å². The quantitative estimate of drug-likeness (QED) is 0.460. The highest BCUT2D eigenvalue weighted by molar-refractivity contribution is 9.10. The van der Waals surface area contributed by atoms with Crippen LogP contribution in [0, 0.1) is 0 Å². The average Bonchev–Trinajstić information content (AvgIpc) is 2.88. The van der Waals surface area contributed by atoms with Gasteiger partial charge in [-0.15, -0.1) is 0 Å². The van der Waals surface area contributed by atoms with Gasteiger partial charge in [0, 0.05) is 15.6 Å². The second kappa shape index (κ2) is 8.47. The Morgan fingerprint density at radius 2 is 1.58 bits per heavy atom. The van der Waals surface area contributed by atoms with Crippen LogP contribution in [0.1, 0.15) is 63.8 Å². The van der Waals surface area contributed by atoms with Crippen LogP contribution in [0.5, 0.6) is 5.75 Å². The first kappa shape index (κ1) is 23.6. The van der Waals surface area contributed by atoms with Gasteiger partial charge in [-0.05, 0) is 64.1 Å². The number of thioether (sulfide) groups is 1. The number of nitrogens with zero attached hydrogens (tertiary/aromatic N) is 1. The third-order valence-corrected chi connectivity index (χ3v) is 6.55. The van der Waals surface area contributed by atoms with Crippen molar-refractivity contribution in [1.29, 1.82) is 0 Å². The zero-order chi connectivity index (χ0) is 23.1. The molecule has 1 heterocycles. The van der Waals surface area contributed by atoms with E-state index in [0.29, 0.717) is 10.7 Å². The maximum Gasteiger partial charge on any atom is 0.293 e. The number of amides is 2. The number of hydrogen-bond acceptors (Lipinski definition) is 4. The van der Waals surface area contributed by atoms with Crippen molar-refractivity contribution in [3.05, 3.63) is 68.0 Å². The van der Waals surface area contributed by atoms with Crippen LogP contribution >= 0.6 is 27.7 Å². The molecular formula is C25H28BrNO3S. The minimum Gasteiger partial charge on any atom is -0.507 e. The van der Waals surface area contributed by atoms with Gasteiger partial charge in [0.2, 0.25) is 0 Å². The molecule has 2 aromatic rings. The second-order valence-electron chi connectivity index (χ2n) is 9.86. The minimum atomic E-state index is -0.294. The summed E-state index contributed by atoms with van der Waals surface area (Å²) in [4.78, 5) is 27.2. The molecule has 0 spiro atoms. The molecule has 0 radical (unpaired) electrons. The molecule has 31 heavy (non-hydrogen) atoms. The fourth-order valence-electron chi connectivity index (χ4n) is 3.49. The lowest BCUT2D eigenvalue weighted by Gasteiger charge is -2.28. The number of carbonyl (C=O) groups is 2. The Morgan fingerprint density at radius 1 is 1.00 bits per heavy atom. The molecule has 0 aromatic heterocycles. The SMILES string of the molecule is CC(C)(C)c1cc(/C=C2\SC(=O)N(Cc3cccc(Br)c3)C2=O)cc(C(C)(C)C)c1O. The molecule has 0 atom stereocenters. The van der Waals surface area contributed by atoms with Crippen molar-refractivity contribution >= 4 is 44.9 Å². The van der Waals surface area contributed by atoms with Gasteiger partial charge in [0.1, 0.15) is 5.75 Å². The van der Waals surface area contributed by atoms with Gasteiger partial charge in [0.15, 0.2) is 0 Å². The molecule has 2 aromatic carbocycles. The summed E-state index contributed by atoms with van der Waals surface area (Å²) in [6, 6.07) is 11.4. The second-order valence-corrected chi connectivity index (χ2v) is 11.8. The maximum absolute atomic E-state index is 13.0. The van der Waals surface area contributed by atoms with Crippen molar-refractivity contribution < 1.29 is 14.7 Å². The smallest absolute Gasteiger partial charge is 0.293 e. The first-order valence-corrected chi connectivity index (χ1v) is 11.8. The Morgan fingerprint density at radius 3 is 2.10 bits per heavy atom. The Kier molecular flexibility index (Phi) is 6.45. The number of phenolic OH excluding ortho intramolecular Hbond substituents is 1. The van der Waals surface area contributed by atoms with Crippen LogP contribution in [0.4, 0.5) is 4.79 Å². The molecule has 1 aliphatic heterocycles. The van der Waals surface area contributed by atoms with Crippen LogP contribution in [0.25, 0.3) is 6.08 Å². The fourth-order valence-corrected chi connectivity index (χ4v) is 4.77. The lowest BCUT2D eigenvalue weighted by molar-refractivity contribution is -0.123. The molecule has 6 heteroatoms. The van der Waals surface area contributed by atoms with E-state index < -0.39 is 0 Å². The monoisotopic (exact) mass is 501 g/mol. The number of carbonyl (C=O) groups excluding carboxylic acids is 2. The van der Waals surface area contributed by atoms with E-state index in [-0.39, 0.29) is 28.5 Å². The van der Waals surface area contributed by atoms with E-state index in [2.05, 4.69) is 15.9 Å². The number of hydrogen-bond donors (Lipinski definition) is 1. The van der Waals surface area contributed by atoms with Gasteiger partial charge >= 0.3 is 0 Å². The summed E-state index contributed by atoms with van der Waals surface area (Å²) in [5, 5.41) is 10.6. The Labute approximate surface area is 196 Å². The predicted molar refractivity (Wildman–Crippen MR) is 131 cm³/mol. The minimum absolute atomic E-state index is 0.234. The zero-order valence-corrected chi connectivity index (χ0v) is 21.1. The summed E-state index contributed by atoms with van der Waals surface area (Å²) in [6.07, 6.45) is 1.76. The summed E-state index contributed by atoms with van der Waals surface area (Å²) < 4.78 is 0.904. The van der Waals surface area contributed by atoms with Gasteiger partial charge in [0.05, 0.1) is 11.4 Å². The van der Waals surface area contributed by atoms with Crippen LogP contribution in [0.2, 0.25) is 0 Å². The number of imide groups is 1. The van der Waals surface area contributed by atoms with E-state index in [9.17, 15) is 14.7 Å². The lowest BCUT2D eigenvalue weighted by atomic mass is 9.78. The fraction of sp³-hybridized carbons (Fsp3) is 0.360. The maximum atomic E-state index is 13.0. The van der Waals surface area contributed by atoms with E-state index in [0.717, 1.165) is 38.5 Å². The van der Waals surface area contributed by atoms with Gasteiger partial charge in [-0.3, -0.25) is 14.5 Å². The highest BCUT2D eigenvalue weighted by Crippen LogP contribution is 2.41. The molecule has 1 saturated heterocycles. The molecule has 1 aliphatic rings. The van der Waals surface area contributed by atoms with E-state index in [4.69, 9.17) is 0 Å². The normalized spacial score (nSPS) is 16.5. The van der Waals surface area contributed by atoms with E-state index in [1.54, 1.807) is 6.08 Å². The first-order chi connectivity index (χ1) is 14.3. The zero-order valence-electron chi connectivity index (χ0n) is 18.7. The summed E-state index contributed by atoms with van der Waals surface area (Å²) in [5.74, 6) is -0.00224. The molecule has 0 aliphatic carbocycles.